The molecule has 0 aromatic heterocycles. The Hall–Kier alpha value is -1.29. The van der Waals surface area contributed by atoms with Crippen LogP contribution in [0.5, 0.6) is 5.75 Å². The van der Waals surface area contributed by atoms with Crippen LogP contribution >= 0.6 is 11.6 Å². The molecule has 1 aromatic rings. The summed E-state index contributed by atoms with van der Waals surface area (Å²) in [4.78, 5) is 11.5. The van der Waals surface area contributed by atoms with Crippen molar-refractivity contribution in [2.75, 3.05) is 18.3 Å². The van der Waals surface area contributed by atoms with E-state index in [-0.39, 0.29) is 11.7 Å². The standard InChI is InChI=1S/C12H15ClFNO2/c1-17-11-8-9(5-6-10(11)14)15-12(16)4-2-3-7-13/h5-6,8H,2-4,7H2,1H3,(H,15,16). The molecule has 1 aromatic carbocycles. The fraction of sp³-hybridized carbons (Fsp3) is 0.417. The molecule has 0 saturated heterocycles. The Morgan fingerprint density at radius 2 is 2.24 bits per heavy atom. The summed E-state index contributed by atoms with van der Waals surface area (Å²) >= 11 is 5.51. The van der Waals surface area contributed by atoms with Crippen LogP contribution in [0.2, 0.25) is 0 Å². The number of hydrogen-bond donors (Lipinski definition) is 1. The Balaban J connectivity index is 2.53. The summed E-state index contributed by atoms with van der Waals surface area (Å²) < 4.78 is 17.9. The molecule has 0 aliphatic carbocycles. The number of nitrogens with one attached hydrogen (secondary N) is 1. The van der Waals surface area contributed by atoms with Crippen LogP contribution in [-0.2, 0) is 4.79 Å². The van der Waals surface area contributed by atoms with Gasteiger partial charge in [-0.2, -0.15) is 0 Å². The summed E-state index contributed by atoms with van der Waals surface area (Å²) in [7, 11) is 1.38. The van der Waals surface area contributed by atoms with Gasteiger partial charge in [0.15, 0.2) is 11.6 Å². The van der Waals surface area contributed by atoms with Gasteiger partial charge in [-0.05, 0) is 25.0 Å². The highest BCUT2D eigenvalue weighted by molar-refractivity contribution is 6.17. The second-order valence-electron chi connectivity index (χ2n) is 3.54. The third kappa shape index (κ3) is 4.61. The molecular weight excluding hydrogens is 245 g/mol. The minimum atomic E-state index is -0.451. The number of hydrogen-bond acceptors (Lipinski definition) is 2. The summed E-state index contributed by atoms with van der Waals surface area (Å²) in [5.41, 5.74) is 0.527. The maximum absolute atomic E-state index is 13.1. The van der Waals surface area contributed by atoms with Crippen LogP contribution in [0, 0.1) is 5.82 Å². The van der Waals surface area contributed by atoms with Crippen molar-refractivity contribution in [3.63, 3.8) is 0 Å². The van der Waals surface area contributed by atoms with Gasteiger partial charge in [0.2, 0.25) is 5.91 Å². The van der Waals surface area contributed by atoms with E-state index in [2.05, 4.69) is 5.32 Å². The number of amides is 1. The molecule has 1 rings (SSSR count). The highest BCUT2D eigenvalue weighted by atomic mass is 35.5. The second-order valence-corrected chi connectivity index (χ2v) is 3.92. The highest BCUT2D eigenvalue weighted by Gasteiger charge is 2.06. The second kappa shape index (κ2) is 7.12. The molecule has 94 valence electrons. The monoisotopic (exact) mass is 259 g/mol. The molecular formula is C12H15ClFNO2. The number of carbonyl (C=O) groups is 1. The van der Waals surface area contributed by atoms with E-state index in [1.165, 1.54) is 25.3 Å². The maximum atomic E-state index is 13.1. The van der Waals surface area contributed by atoms with Crippen LogP contribution in [0.25, 0.3) is 0 Å². The third-order valence-corrected chi connectivity index (χ3v) is 2.49. The number of anilines is 1. The minimum Gasteiger partial charge on any atom is -0.494 e. The average Bonchev–Trinajstić information content (AvgIpc) is 2.32. The van der Waals surface area contributed by atoms with Crippen molar-refractivity contribution in [3.8, 4) is 5.75 Å². The van der Waals surface area contributed by atoms with Gasteiger partial charge in [-0.15, -0.1) is 11.6 Å². The average molecular weight is 260 g/mol. The molecule has 5 heteroatoms. The van der Waals surface area contributed by atoms with Gasteiger partial charge in [0.05, 0.1) is 7.11 Å². The Kier molecular flexibility index (Phi) is 5.77. The molecule has 17 heavy (non-hydrogen) atoms. The lowest BCUT2D eigenvalue weighted by atomic mass is 10.2. The number of halogens is 2. The molecule has 3 nitrogen and oxygen atoms in total. The molecule has 0 spiro atoms. The molecule has 0 atom stereocenters. The molecule has 0 fully saturated rings. The molecule has 0 bridgehead atoms. The zero-order valence-electron chi connectivity index (χ0n) is 9.63. The highest BCUT2D eigenvalue weighted by Crippen LogP contribution is 2.21. The minimum absolute atomic E-state index is 0.108. The largest absolute Gasteiger partial charge is 0.494 e. The fourth-order valence-corrected chi connectivity index (χ4v) is 1.53. The van der Waals surface area contributed by atoms with Crippen LogP contribution in [-0.4, -0.2) is 18.9 Å². The molecule has 0 aliphatic heterocycles. The van der Waals surface area contributed by atoms with Crippen LogP contribution in [0.3, 0.4) is 0 Å². The zero-order chi connectivity index (χ0) is 12.7. The van der Waals surface area contributed by atoms with E-state index in [0.717, 1.165) is 12.8 Å². The SMILES string of the molecule is COc1cc(NC(=O)CCCCCl)ccc1F. The molecule has 0 unspecified atom stereocenters. The van der Waals surface area contributed by atoms with Gasteiger partial charge < -0.3 is 10.1 Å². The first-order valence-electron chi connectivity index (χ1n) is 5.36. The smallest absolute Gasteiger partial charge is 0.224 e. The number of carbonyl (C=O) groups excluding carboxylic acids is 1. The van der Waals surface area contributed by atoms with E-state index in [0.29, 0.717) is 18.0 Å². The van der Waals surface area contributed by atoms with Gasteiger partial charge in [-0.1, -0.05) is 0 Å². The number of benzene rings is 1. The Morgan fingerprint density at radius 1 is 1.47 bits per heavy atom. The maximum Gasteiger partial charge on any atom is 0.224 e. The van der Waals surface area contributed by atoms with Crippen LogP contribution in [0.4, 0.5) is 10.1 Å². The first-order chi connectivity index (χ1) is 8.17. The van der Waals surface area contributed by atoms with Crippen molar-refractivity contribution in [2.45, 2.75) is 19.3 Å². The van der Waals surface area contributed by atoms with Crippen LogP contribution in [0.15, 0.2) is 18.2 Å². The van der Waals surface area contributed by atoms with Crippen molar-refractivity contribution in [1.82, 2.24) is 0 Å². The Labute approximate surface area is 105 Å². The van der Waals surface area contributed by atoms with Crippen molar-refractivity contribution in [1.29, 1.82) is 0 Å². The number of rotatable bonds is 6. The van der Waals surface area contributed by atoms with E-state index in [4.69, 9.17) is 16.3 Å². The molecule has 1 N–H and O–H groups in total. The number of methoxy groups -OCH3 is 1. The Morgan fingerprint density at radius 3 is 2.88 bits per heavy atom. The van der Waals surface area contributed by atoms with E-state index in [9.17, 15) is 9.18 Å². The summed E-state index contributed by atoms with van der Waals surface area (Å²) in [6.45, 7) is 0. The fourth-order valence-electron chi connectivity index (χ4n) is 1.34. The van der Waals surface area contributed by atoms with Crippen LogP contribution < -0.4 is 10.1 Å². The van der Waals surface area contributed by atoms with E-state index < -0.39 is 5.82 Å². The van der Waals surface area contributed by atoms with Crippen molar-refractivity contribution < 1.29 is 13.9 Å². The molecule has 0 aliphatic rings. The van der Waals surface area contributed by atoms with E-state index in [1.54, 1.807) is 0 Å². The lowest BCUT2D eigenvalue weighted by molar-refractivity contribution is -0.116. The summed E-state index contributed by atoms with van der Waals surface area (Å²) in [6.07, 6.45) is 1.96. The first kappa shape index (κ1) is 13.8. The summed E-state index contributed by atoms with van der Waals surface area (Å²) in [6, 6.07) is 4.21. The lowest BCUT2D eigenvalue weighted by Gasteiger charge is -2.07. The molecule has 0 heterocycles. The lowest BCUT2D eigenvalue weighted by Crippen LogP contribution is -2.11. The van der Waals surface area contributed by atoms with E-state index in [1.807, 2.05) is 0 Å². The summed E-state index contributed by atoms with van der Waals surface area (Å²) in [5, 5.41) is 2.67. The van der Waals surface area contributed by atoms with E-state index >= 15 is 0 Å². The predicted molar refractivity (Wildman–Crippen MR) is 66.2 cm³/mol. The third-order valence-electron chi connectivity index (χ3n) is 2.22. The van der Waals surface area contributed by atoms with Gasteiger partial charge >= 0.3 is 0 Å². The van der Waals surface area contributed by atoms with Crippen LogP contribution in [0.1, 0.15) is 19.3 Å². The van der Waals surface area contributed by atoms with Gasteiger partial charge in [0.25, 0.3) is 0 Å². The molecule has 1 amide bonds. The molecule has 0 radical (unpaired) electrons. The number of alkyl halides is 1. The summed E-state index contributed by atoms with van der Waals surface area (Å²) in [5.74, 6) is 0.109. The normalized spacial score (nSPS) is 10.1. The first-order valence-corrected chi connectivity index (χ1v) is 5.90. The zero-order valence-corrected chi connectivity index (χ0v) is 10.4. The topological polar surface area (TPSA) is 38.3 Å². The number of ether oxygens (including phenoxy) is 1. The quantitative estimate of drug-likeness (QED) is 0.629. The number of unbranched alkanes of at least 4 members (excludes halogenated alkanes) is 1. The Bertz CT molecular complexity index is 385. The predicted octanol–water partition coefficient (Wildman–Crippen LogP) is 3.18. The van der Waals surface area contributed by atoms with Crippen molar-refractivity contribution >= 4 is 23.2 Å². The van der Waals surface area contributed by atoms with Gasteiger partial charge in [0, 0.05) is 24.1 Å². The van der Waals surface area contributed by atoms with Crippen molar-refractivity contribution in [2.24, 2.45) is 0 Å². The van der Waals surface area contributed by atoms with Gasteiger partial charge in [-0.25, -0.2) is 4.39 Å². The van der Waals surface area contributed by atoms with Crippen molar-refractivity contribution in [3.05, 3.63) is 24.0 Å². The van der Waals surface area contributed by atoms with Gasteiger partial charge in [0.1, 0.15) is 0 Å². The molecule has 0 saturated carbocycles. The van der Waals surface area contributed by atoms with Gasteiger partial charge in [-0.3, -0.25) is 4.79 Å².